The van der Waals surface area contributed by atoms with Gasteiger partial charge in [0, 0.05) is 17.5 Å². The third-order valence-corrected chi connectivity index (χ3v) is 4.65. The first kappa shape index (κ1) is 10.4. The lowest BCUT2D eigenvalue weighted by Crippen LogP contribution is -1.94. The van der Waals surface area contributed by atoms with Crippen LogP contribution in [-0.2, 0) is 5.51 Å². The number of rotatable bonds is 0. The molecule has 84 valence electrons. The molecule has 0 saturated heterocycles. The molecule has 0 fully saturated rings. The normalized spacial score (nSPS) is 11.9. The molecule has 1 unspecified atom stereocenters. The maximum atomic E-state index is 13.1. The predicted octanol–water partition coefficient (Wildman–Crippen LogP) is 4.82. The topological polar surface area (TPSA) is 0 Å². The van der Waals surface area contributed by atoms with E-state index in [0.29, 0.717) is 20.2 Å². The van der Waals surface area contributed by atoms with Gasteiger partial charge < -0.3 is 0 Å². The molecule has 0 aliphatic rings. The van der Waals surface area contributed by atoms with E-state index in [2.05, 4.69) is 12.1 Å². The lowest BCUT2D eigenvalue weighted by Gasteiger charge is -1.95. The van der Waals surface area contributed by atoms with E-state index in [-0.39, 0.29) is 0 Å². The summed E-state index contributed by atoms with van der Waals surface area (Å²) in [4.78, 5) is 0. The fourth-order valence-electron chi connectivity index (χ4n) is 1.98. The molecule has 17 heavy (non-hydrogen) atoms. The van der Waals surface area contributed by atoms with Gasteiger partial charge in [0.15, 0.2) is 9.40 Å². The van der Waals surface area contributed by atoms with Gasteiger partial charge in [0.2, 0.25) is 0 Å². The summed E-state index contributed by atoms with van der Waals surface area (Å²) in [6.45, 7) is 0. The van der Waals surface area contributed by atoms with E-state index in [1.54, 1.807) is 30.3 Å². The monoisotopic (exact) mass is 251 g/mol. The first-order valence-electron chi connectivity index (χ1n) is 4.91. The van der Waals surface area contributed by atoms with E-state index in [0.717, 1.165) is 0 Å². The molecule has 1 atom stereocenters. The molecule has 0 aliphatic carbocycles. The second-order valence-electron chi connectivity index (χ2n) is 3.60. The molecule has 4 heteroatoms. The number of thiophene rings is 1. The highest BCUT2D eigenvalue weighted by Gasteiger charge is 2.47. The van der Waals surface area contributed by atoms with Crippen LogP contribution < -0.4 is 0 Å². The summed E-state index contributed by atoms with van der Waals surface area (Å²) in [6.07, 6.45) is 0. The number of benzene rings is 1. The van der Waals surface area contributed by atoms with Gasteiger partial charge in [0.05, 0.1) is 5.39 Å². The molecule has 3 aromatic rings. The summed E-state index contributed by atoms with van der Waals surface area (Å²) in [7, 11) is -1.85. The Morgan fingerprint density at radius 1 is 0.882 bits per heavy atom. The molecule has 3 rings (SSSR count). The van der Waals surface area contributed by atoms with E-state index in [4.69, 9.17) is 0 Å². The Bertz CT molecular complexity index is 641. The second-order valence-corrected chi connectivity index (χ2v) is 5.56. The van der Waals surface area contributed by atoms with Gasteiger partial charge in [-0.05, 0) is 12.1 Å². The van der Waals surface area contributed by atoms with Crippen LogP contribution in [0, 0.1) is 12.1 Å². The van der Waals surface area contributed by atoms with Crippen LogP contribution in [0.25, 0.3) is 20.2 Å². The predicted molar refractivity (Wildman–Crippen MR) is 62.9 cm³/mol. The Morgan fingerprint density at radius 2 is 1.59 bits per heavy atom. The third-order valence-electron chi connectivity index (χ3n) is 2.62. The van der Waals surface area contributed by atoms with Crippen molar-refractivity contribution in [3.63, 3.8) is 0 Å². The minimum Gasteiger partial charge on any atom is -0.118 e. The molecule has 1 heterocycles. The van der Waals surface area contributed by atoms with E-state index in [1.807, 2.05) is 0 Å². The van der Waals surface area contributed by atoms with Crippen LogP contribution in [0.5, 0.6) is 0 Å². The van der Waals surface area contributed by atoms with Gasteiger partial charge in [-0.15, -0.1) is 13.2 Å². The van der Waals surface area contributed by atoms with Crippen LogP contribution >= 0.6 is 10.5 Å². The van der Waals surface area contributed by atoms with Crippen molar-refractivity contribution < 1.29 is 13.2 Å². The Kier molecular flexibility index (Phi) is 2.07. The summed E-state index contributed by atoms with van der Waals surface area (Å²) in [5.41, 5.74) is -4.24. The lowest BCUT2D eigenvalue weighted by atomic mass is 10.2. The molecule has 0 nitrogen and oxygen atoms in total. The Morgan fingerprint density at radius 3 is 2.35 bits per heavy atom. The molecule has 2 aromatic carbocycles. The van der Waals surface area contributed by atoms with Crippen LogP contribution in [0.3, 0.4) is 0 Å². The zero-order valence-corrected chi connectivity index (χ0v) is 9.32. The van der Waals surface area contributed by atoms with E-state index in [1.165, 1.54) is 6.07 Å². The van der Waals surface area contributed by atoms with Gasteiger partial charge in [-0.2, -0.15) is 0 Å². The largest absolute Gasteiger partial charge is 0.601 e. The molecule has 0 N–H and O–H groups in total. The Labute approximate surface area is 98.3 Å². The molecule has 0 bridgehead atoms. The summed E-state index contributed by atoms with van der Waals surface area (Å²) in [5.74, 6) is 0. The average molecular weight is 251 g/mol. The van der Waals surface area contributed by atoms with Crippen molar-refractivity contribution in [2.24, 2.45) is 0 Å². The molecule has 0 amide bonds. The smallest absolute Gasteiger partial charge is 0.118 e. The van der Waals surface area contributed by atoms with Gasteiger partial charge in [-0.1, -0.05) is 24.3 Å². The Hall–Kier alpha value is -1.73. The van der Waals surface area contributed by atoms with Crippen LogP contribution in [0.4, 0.5) is 13.2 Å². The van der Waals surface area contributed by atoms with Crippen LogP contribution in [-0.4, -0.2) is 0 Å². The first-order chi connectivity index (χ1) is 8.09. The fraction of sp³-hybridized carbons (Fsp3) is 0.0769. The lowest BCUT2D eigenvalue weighted by molar-refractivity contribution is -0.0862. The van der Waals surface area contributed by atoms with Gasteiger partial charge in [0.1, 0.15) is 10.5 Å². The number of hydrogen-bond donors (Lipinski definition) is 0. The summed E-state index contributed by atoms with van der Waals surface area (Å²) in [5, 5.41) is 1.29. The van der Waals surface area contributed by atoms with Crippen molar-refractivity contribution >= 4 is 30.6 Å². The maximum Gasteiger partial charge on any atom is 0.601 e. The van der Waals surface area contributed by atoms with Crippen LogP contribution in [0.1, 0.15) is 0 Å². The highest BCUT2D eigenvalue weighted by Crippen LogP contribution is 2.53. The minimum atomic E-state index is -4.24. The van der Waals surface area contributed by atoms with Gasteiger partial charge in [0.25, 0.3) is 0 Å². The number of fused-ring (bicyclic) bond motifs is 3. The number of hydrogen-bond acceptors (Lipinski definition) is 0. The molecule has 0 radical (unpaired) electrons. The summed E-state index contributed by atoms with van der Waals surface area (Å²) in [6, 6.07) is 15.0. The van der Waals surface area contributed by atoms with Crippen LogP contribution in [0.2, 0.25) is 0 Å². The maximum absolute atomic E-state index is 13.1. The highest BCUT2D eigenvalue weighted by molar-refractivity contribution is 7.43. The summed E-state index contributed by atoms with van der Waals surface area (Å²) < 4.78 is 40.0. The average Bonchev–Trinajstić information content (AvgIpc) is 2.63. The second kappa shape index (κ2) is 3.38. The van der Waals surface area contributed by atoms with Gasteiger partial charge in [-0.3, -0.25) is 0 Å². The van der Waals surface area contributed by atoms with Crippen molar-refractivity contribution in [1.82, 2.24) is 0 Å². The Balaban J connectivity index is 2.60. The molecular weight excluding hydrogens is 245 g/mol. The van der Waals surface area contributed by atoms with Crippen molar-refractivity contribution in [2.45, 2.75) is 5.51 Å². The summed E-state index contributed by atoms with van der Waals surface area (Å²) >= 11 is 0. The quantitative estimate of drug-likeness (QED) is 0.502. The minimum absolute atomic E-state index is 0.303. The zero-order chi connectivity index (χ0) is 12.0. The molecular formula is C13H6F3S+. The number of alkyl halides is 3. The van der Waals surface area contributed by atoms with Crippen molar-refractivity contribution in [2.75, 3.05) is 0 Å². The number of halogens is 3. The first-order valence-corrected chi connectivity index (χ1v) is 6.14. The standard InChI is InChI=1S/C13H6F3S/c14-13(15,16)17-11-7-3-1-5-9(11)10-6-2-4-8-12(10)17/h1,3,5-8H/q+1. The van der Waals surface area contributed by atoms with E-state index >= 15 is 0 Å². The zero-order valence-electron chi connectivity index (χ0n) is 8.51. The van der Waals surface area contributed by atoms with Gasteiger partial charge >= 0.3 is 5.51 Å². The molecule has 0 aliphatic heterocycles. The highest BCUT2D eigenvalue weighted by atomic mass is 32.2. The molecule has 0 saturated carbocycles. The van der Waals surface area contributed by atoms with Gasteiger partial charge in [-0.25, -0.2) is 0 Å². The fourth-order valence-corrected chi connectivity index (χ4v) is 3.90. The SMILES string of the molecule is FC(F)(F)[s+]1c2cc#ccc2c2ccccc21. The third kappa shape index (κ3) is 1.47. The van der Waals surface area contributed by atoms with Crippen LogP contribution in [0.15, 0.2) is 36.4 Å². The molecule has 1 aromatic heterocycles. The van der Waals surface area contributed by atoms with Crippen molar-refractivity contribution in [1.29, 1.82) is 0 Å². The van der Waals surface area contributed by atoms with Crippen molar-refractivity contribution in [3.8, 4) is 0 Å². The van der Waals surface area contributed by atoms with Crippen molar-refractivity contribution in [3.05, 3.63) is 48.5 Å². The van der Waals surface area contributed by atoms with E-state index in [9.17, 15) is 13.2 Å². The van der Waals surface area contributed by atoms with E-state index < -0.39 is 16.0 Å². The molecule has 0 spiro atoms.